The van der Waals surface area contributed by atoms with Crippen LogP contribution in [0.1, 0.15) is 25.5 Å². The zero-order valence-electron chi connectivity index (χ0n) is 10.3. The first-order valence-corrected chi connectivity index (χ1v) is 6.33. The molecule has 0 saturated carbocycles. The number of rotatable bonds is 3. The van der Waals surface area contributed by atoms with Crippen molar-refractivity contribution in [2.75, 3.05) is 7.11 Å². The van der Waals surface area contributed by atoms with E-state index in [4.69, 9.17) is 45.3 Å². The van der Waals surface area contributed by atoms with Crippen LogP contribution in [-0.2, 0) is 9.53 Å². The van der Waals surface area contributed by atoms with Crippen LogP contribution in [0.3, 0.4) is 0 Å². The summed E-state index contributed by atoms with van der Waals surface area (Å²) in [4.78, 5) is 11.7. The summed E-state index contributed by atoms with van der Waals surface area (Å²) < 4.78 is 4.73. The molecule has 0 unspecified atom stereocenters. The van der Waals surface area contributed by atoms with Crippen LogP contribution in [0.15, 0.2) is 12.1 Å². The third-order valence-corrected chi connectivity index (χ3v) is 3.88. The summed E-state index contributed by atoms with van der Waals surface area (Å²) >= 11 is 17.9. The Morgan fingerprint density at radius 3 is 2.39 bits per heavy atom. The number of hydrogen-bond donors (Lipinski definition) is 1. The molecule has 0 amide bonds. The molecule has 0 spiro atoms. The van der Waals surface area contributed by atoms with Gasteiger partial charge in [-0.1, -0.05) is 34.8 Å². The Kier molecular flexibility index (Phi) is 4.90. The molecular weight excluding hydrogens is 296 g/mol. The monoisotopic (exact) mass is 309 g/mol. The molecule has 0 aromatic heterocycles. The first kappa shape index (κ1) is 15.6. The second-order valence-corrected chi connectivity index (χ2v) is 5.70. The molecule has 0 aliphatic heterocycles. The van der Waals surface area contributed by atoms with Crippen LogP contribution in [0.2, 0.25) is 15.1 Å². The largest absolute Gasteiger partial charge is 0.469 e. The minimum atomic E-state index is -0.938. The standard InChI is InChI=1S/C12H14Cl3NO2/c1-12(2,11(17)18-3)10(16)7-4-6(13)5-8(14)9(7)15/h4-5,10H,16H2,1-3H3/t10-/m1/s1. The van der Waals surface area contributed by atoms with Gasteiger partial charge in [0.1, 0.15) is 0 Å². The predicted octanol–water partition coefficient (Wildman–Crippen LogP) is 3.85. The maximum absolute atomic E-state index is 11.7. The molecule has 0 bridgehead atoms. The molecule has 3 nitrogen and oxygen atoms in total. The minimum Gasteiger partial charge on any atom is -0.469 e. The van der Waals surface area contributed by atoms with Crippen molar-refractivity contribution < 1.29 is 9.53 Å². The van der Waals surface area contributed by atoms with Crippen molar-refractivity contribution in [3.8, 4) is 0 Å². The Labute approximate surface area is 121 Å². The van der Waals surface area contributed by atoms with E-state index in [2.05, 4.69) is 0 Å². The highest BCUT2D eigenvalue weighted by atomic mass is 35.5. The van der Waals surface area contributed by atoms with Gasteiger partial charge in [-0.05, 0) is 31.5 Å². The van der Waals surface area contributed by atoms with Crippen LogP contribution in [0, 0.1) is 5.41 Å². The van der Waals surface area contributed by atoms with Gasteiger partial charge in [-0.3, -0.25) is 4.79 Å². The van der Waals surface area contributed by atoms with E-state index in [1.54, 1.807) is 19.9 Å². The molecule has 0 fully saturated rings. The van der Waals surface area contributed by atoms with Gasteiger partial charge >= 0.3 is 5.97 Å². The number of methoxy groups -OCH3 is 1. The Bertz CT molecular complexity index is 475. The topological polar surface area (TPSA) is 52.3 Å². The summed E-state index contributed by atoms with van der Waals surface area (Å²) in [6.07, 6.45) is 0. The van der Waals surface area contributed by atoms with E-state index in [1.165, 1.54) is 13.2 Å². The van der Waals surface area contributed by atoms with Crippen LogP contribution in [0.25, 0.3) is 0 Å². The van der Waals surface area contributed by atoms with Gasteiger partial charge < -0.3 is 10.5 Å². The van der Waals surface area contributed by atoms with Crippen molar-refractivity contribution in [1.82, 2.24) is 0 Å². The van der Waals surface area contributed by atoms with E-state index in [9.17, 15) is 4.79 Å². The lowest BCUT2D eigenvalue weighted by Gasteiger charge is -2.29. The number of carbonyl (C=O) groups excluding carboxylic acids is 1. The summed E-state index contributed by atoms with van der Waals surface area (Å²) in [5.74, 6) is -0.429. The van der Waals surface area contributed by atoms with Crippen molar-refractivity contribution in [3.63, 3.8) is 0 Å². The average Bonchev–Trinajstić information content (AvgIpc) is 2.31. The van der Waals surface area contributed by atoms with Gasteiger partial charge in [0.15, 0.2) is 0 Å². The molecule has 0 heterocycles. The van der Waals surface area contributed by atoms with Gasteiger partial charge in [-0.25, -0.2) is 0 Å². The van der Waals surface area contributed by atoms with Crippen molar-refractivity contribution in [2.24, 2.45) is 11.1 Å². The molecule has 0 aliphatic carbocycles. The van der Waals surface area contributed by atoms with Crippen LogP contribution in [0.4, 0.5) is 0 Å². The fourth-order valence-corrected chi connectivity index (χ4v) is 2.32. The van der Waals surface area contributed by atoms with Crippen molar-refractivity contribution in [2.45, 2.75) is 19.9 Å². The first-order chi connectivity index (χ1) is 8.21. The summed E-state index contributed by atoms with van der Waals surface area (Å²) in [5, 5.41) is 1.01. The van der Waals surface area contributed by atoms with Crippen LogP contribution in [-0.4, -0.2) is 13.1 Å². The third-order valence-electron chi connectivity index (χ3n) is 2.85. The quantitative estimate of drug-likeness (QED) is 0.681. The normalized spacial score (nSPS) is 13.3. The third kappa shape index (κ3) is 2.91. The van der Waals surface area contributed by atoms with Crippen LogP contribution >= 0.6 is 34.8 Å². The number of nitrogens with two attached hydrogens (primary N) is 1. The lowest BCUT2D eigenvalue weighted by atomic mass is 9.81. The lowest BCUT2D eigenvalue weighted by Crippen LogP contribution is -2.37. The van der Waals surface area contributed by atoms with Crippen molar-refractivity contribution in [3.05, 3.63) is 32.8 Å². The molecule has 0 saturated heterocycles. The summed E-state index contributed by atoms with van der Waals surface area (Å²) in [7, 11) is 1.31. The average molecular weight is 311 g/mol. The Morgan fingerprint density at radius 1 is 1.33 bits per heavy atom. The molecule has 1 aromatic rings. The zero-order chi connectivity index (χ0) is 14.1. The number of hydrogen-bond acceptors (Lipinski definition) is 3. The number of esters is 1. The van der Waals surface area contributed by atoms with E-state index in [1.807, 2.05) is 0 Å². The van der Waals surface area contributed by atoms with Crippen LogP contribution < -0.4 is 5.73 Å². The van der Waals surface area contributed by atoms with Crippen LogP contribution in [0.5, 0.6) is 0 Å². The smallest absolute Gasteiger partial charge is 0.313 e. The van der Waals surface area contributed by atoms with Gasteiger partial charge in [0.05, 0.1) is 22.6 Å². The maximum Gasteiger partial charge on any atom is 0.313 e. The van der Waals surface area contributed by atoms with E-state index in [-0.39, 0.29) is 0 Å². The maximum atomic E-state index is 11.7. The zero-order valence-corrected chi connectivity index (χ0v) is 12.5. The molecule has 1 atom stereocenters. The molecule has 6 heteroatoms. The molecule has 1 rings (SSSR count). The molecule has 2 N–H and O–H groups in total. The fraction of sp³-hybridized carbons (Fsp3) is 0.417. The predicted molar refractivity (Wildman–Crippen MR) is 74.2 cm³/mol. The lowest BCUT2D eigenvalue weighted by molar-refractivity contribution is -0.152. The minimum absolute atomic E-state index is 0.297. The van der Waals surface area contributed by atoms with Gasteiger partial charge in [0.25, 0.3) is 0 Å². The summed E-state index contributed by atoms with van der Waals surface area (Å²) in [5.41, 5.74) is 5.67. The Morgan fingerprint density at radius 2 is 1.89 bits per heavy atom. The number of ether oxygens (including phenoxy) is 1. The second-order valence-electron chi connectivity index (χ2n) is 4.48. The highest BCUT2D eigenvalue weighted by molar-refractivity contribution is 6.43. The molecule has 0 aliphatic rings. The SMILES string of the molecule is COC(=O)C(C)(C)[C@H](N)c1cc(Cl)cc(Cl)c1Cl. The van der Waals surface area contributed by atoms with E-state index in [0.29, 0.717) is 20.6 Å². The van der Waals surface area contributed by atoms with Gasteiger partial charge in [0.2, 0.25) is 0 Å². The molecule has 1 aromatic carbocycles. The molecule has 18 heavy (non-hydrogen) atoms. The molecule has 100 valence electrons. The Balaban J connectivity index is 3.26. The second kappa shape index (κ2) is 5.66. The van der Waals surface area contributed by atoms with Gasteiger partial charge in [-0.15, -0.1) is 0 Å². The summed E-state index contributed by atoms with van der Waals surface area (Å²) in [6, 6.07) is 2.45. The molecule has 0 radical (unpaired) electrons. The number of benzene rings is 1. The van der Waals surface area contributed by atoms with Gasteiger partial charge in [0, 0.05) is 11.1 Å². The number of halogens is 3. The van der Waals surface area contributed by atoms with E-state index >= 15 is 0 Å². The van der Waals surface area contributed by atoms with Crippen molar-refractivity contribution >= 4 is 40.8 Å². The highest BCUT2D eigenvalue weighted by Gasteiger charge is 2.38. The Hall–Kier alpha value is -0.480. The summed E-state index contributed by atoms with van der Waals surface area (Å²) in [6.45, 7) is 3.35. The number of carbonyl (C=O) groups is 1. The van der Waals surface area contributed by atoms with Gasteiger partial charge in [-0.2, -0.15) is 0 Å². The van der Waals surface area contributed by atoms with E-state index < -0.39 is 17.4 Å². The van der Waals surface area contributed by atoms with E-state index in [0.717, 1.165) is 0 Å². The first-order valence-electron chi connectivity index (χ1n) is 5.20. The highest BCUT2D eigenvalue weighted by Crippen LogP contribution is 2.40. The van der Waals surface area contributed by atoms with Crippen molar-refractivity contribution in [1.29, 1.82) is 0 Å². The molecular formula is C12H14Cl3NO2. The fourth-order valence-electron chi connectivity index (χ4n) is 1.58.